The molecule has 0 aromatic heterocycles. The van der Waals surface area contributed by atoms with E-state index in [9.17, 15) is 4.55 Å². The summed E-state index contributed by atoms with van der Waals surface area (Å²) in [6.45, 7) is 10.4. The van der Waals surface area contributed by atoms with Gasteiger partial charge in [-0.25, -0.2) is 0 Å². The molecule has 1 aromatic carbocycles. The summed E-state index contributed by atoms with van der Waals surface area (Å²) >= 11 is 1.26. The van der Waals surface area contributed by atoms with Gasteiger partial charge in [0.05, 0.1) is 6.04 Å². The third kappa shape index (κ3) is 6.02. The van der Waals surface area contributed by atoms with Gasteiger partial charge in [-0.1, -0.05) is 26.0 Å². The molecule has 0 saturated heterocycles. The lowest BCUT2D eigenvalue weighted by Crippen LogP contribution is -2.41. The maximum Gasteiger partial charge on any atom is 0.136 e. The molecule has 0 heterocycles. The van der Waals surface area contributed by atoms with E-state index in [1.165, 1.54) is 9.13 Å². The molecule has 4 heteroatoms. The van der Waals surface area contributed by atoms with E-state index in [1.54, 1.807) is 0 Å². The summed E-state index contributed by atoms with van der Waals surface area (Å²) in [5, 5.41) is 0. The summed E-state index contributed by atoms with van der Waals surface area (Å²) in [5.41, 5.74) is 1.21. The molecule has 1 aromatic rings. The fraction of sp³-hybridized carbons (Fsp3) is 0.600. The minimum Gasteiger partial charge on any atom is -0.598 e. The third-order valence-electron chi connectivity index (χ3n) is 2.78. The van der Waals surface area contributed by atoms with Gasteiger partial charge < -0.3 is 4.55 Å². The first-order valence-electron chi connectivity index (χ1n) is 6.63. The predicted molar refractivity (Wildman–Crippen MR) is 92.4 cm³/mol. The SMILES string of the molecule is CC(C)CC(N[S+]([O-])C(C)(C)C)c1ccc(I)cc1. The third-order valence-corrected chi connectivity index (χ3v) is 5.12. The molecule has 2 nitrogen and oxygen atoms in total. The molecule has 2 atom stereocenters. The van der Waals surface area contributed by atoms with E-state index in [0.29, 0.717) is 5.92 Å². The standard InChI is InChI=1S/C15H24INOS/c1-11(2)10-14(17-19(18)15(3,4)5)12-6-8-13(16)9-7-12/h6-9,11,14,17H,10H2,1-5H3. The summed E-state index contributed by atoms with van der Waals surface area (Å²) in [7, 11) is 0. The average molecular weight is 393 g/mol. The van der Waals surface area contributed by atoms with Crippen molar-refractivity contribution >= 4 is 34.0 Å². The number of hydrogen-bond acceptors (Lipinski definition) is 2. The fourth-order valence-electron chi connectivity index (χ4n) is 1.72. The van der Waals surface area contributed by atoms with Gasteiger partial charge in [-0.3, -0.25) is 0 Å². The van der Waals surface area contributed by atoms with Crippen LogP contribution in [-0.4, -0.2) is 9.30 Å². The highest BCUT2D eigenvalue weighted by atomic mass is 127. The van der Waals surface area contributed by atoms with Gasteiger partial charge in [0, 0.05) is 14.9 Å². The molecule has 0 radical (unpaired) electrons. The van der Waals surface area contributed by atoms with Crippen molar-refractivity contribution in [3.05, 3.63) is 33.4 Å². The van der Waals surface area contributed by atoms with Gasteiger partial charge in [0.15, 0.2) is 0 Å². The summed E-state index contributed by atoms with van der Waals surface area (Å²) in [6.07, 6.45) is 0.989. The highest BCUT2D eigenvalue weighted by Gasteiger charge is 2.30. The van der Waals surface area contributed by atoms with Gasteiger partial charge >= 0.3 is 0 Å². The molecule has 0 amide bonds. The smallest absolute Gasteiger partial charge is 0.136 e. The lowest BCUT2D eigenvalue weighted by molar-refractivity contribution is 0.462. The average Bonchev–Trinajstić information content (AvgIpc) is 2.27. The Balaban J connectivity index is 2.86. The van der Waals surface area contributed by atoms with E-state index in [0.717, 1.165) is 6.42 Å². The number of nitrogens with one attached hydrogen (secondary N) is 1. The molecular formula is C15H24INOS. The number of hydrogen-bond donors (Lipinski definition) is 1. The first-order valence-corrected chi connectivity index (χ1v) is 8.86. The van der Waals surface area contributed by atoms with Crippen LogP contribution in [0.1, 0.15) is 52.6 Å². The van der Waals surface area contributed by atoms with Crippen molar-refractivity contribution in [2.24, 2.45) is 5.92 Å². The van der Waals surface area contributed by atoms with Crippen LogP contribution in [0.2, 0.25) is 0 Å². The molecule has 0 aliphatic heterocycles. The van der Waals surface area contributed by atoms with Gasteiger partial charge in [-0.2, -0.15) is 0 Å². The first-order chi connectivity index (χ1) is 8.70. The second kappa shape index (κ2) is 7.29. The lowest BCUT2D eigenvalue weighted by atomic mass is 9.98. The van der Waals surface area contributed by atoms with E-state index in [2.05, 4.69) is 65.4 Å². The van der Waals surface area contributed by atoms with Gasteiger partial charge in [0.2, 0.25) is 0 Å². The molecule has 1 rings (SSSR count). The van der Waals surface area contributed by atoms with Crippen LogP contribution in [0.15, 0.2) is 24.3 Å². The van der Waals surface area contributed by atoms with E-state index in [1.807, 2.05) is 20.8 Å². The Labute approximate surface area is 134 Å². The maximum atomic E-state index is 12.3. The number of rotatable bonds is 5. The summed E-state index contributed by atoms with van der Waals surface area (Å²) in [4.78, 5) is 0. The van der Waals surface area contributed by atoms with Crippen molar-refractivity contribution in [2.45, 2.75) is 51.8 Å². The molecule has 0 bridgehead atoms. The molecule has 0 fully saturated rings. The van der Waals surface area contributed by atoms with Crippen molar-refractivity contribution in [1.29, 1.82) is 0 Å². The van der Waals surface area contributed by atoms with Crippen LogP contribution in [0, 0.1) is 9.49 Å². The van der Waals surface area contributed by atoms with Gasteiger partial charge in [0.25, 0.3) is 0 Å². The largest absolute Gasteiger partial charge is 0.598 e. The fourth-order valence-corrected chi connectivity index (χ4v) is 2.93. The molecule has 0 spiro atoms. The highest BCUT2D eigenvalue weighted by molar-refractivity contribution is 14.1. The normalized spacial score (nSPS) is 15.6. The summed E-state index contributed by atoms with van der Waals surface area (Å²) in [6, 6.07) is 8.61. The van der Waals surface area contributed by atoms with Gasteiger partial charge in [-0.05, 0) is 73.4 Å². The Morgan fingerprint density at radius 2 is 1.74 bits per heavy atom. The molecule has 0 aliphatic rings. The molecule has 0 aliphatic carbocycles. The van der Waals surface area contributed by atoms with Crippen LogP contribution in [0.25, 0.3) is 0 Å². The molecule has 0 saturated carbocycles. The zero-order valence-corrected chi connectivity index (χ0v) is 15.3. The van der Waals surface area contributed by atoms with Crippen LogP contribution >= 0.6 is 22.6 Å². The number of benzene rings is 1. The Hall–Kier alpha value is 0.220. The van der Waals surface area contributed by atoms with Crippen molar-refractivity contribution in [2.75, 3.05) is 0 Å². The summed E-state index contributed by atoms with van der Waals surface area (Å²) in [5.74, 6) is 0.564. The van der Waals surface area contributed by atoms with Gasteiger partial charge in [-0.15, -0.1) is 4.72 Å². The molecule has 1 N–H and O–H groups in total. The molecule has 19 heavy (non-hydrogen) atoms. The van der Waals surface area contributed by atoms with Crippen molar-refractivity contribution in [1.82, 2.24) is 4.72 Å². The minimum absolute atomic E-state index is 0.150. The Morgan fingerprint density at radius 3 is 2.16 bits per heavy atom. The molecule has 2 unspecified atom stereocenters. The Kier molecular flexibility index (Phi) is 6.63. The van der Waals surface area contributed by atoms with Crippen LogP contribution in [0.4, 0.5) is 0 Å². The molecule has 108 valence electrons. The lowest BCUT2D eigenvalue weighted by Gasteiger charge is -2.29. The van der Waals surface area contributed by atoms with Crippen LogP contribution in [0.3, 0.4) is 0 Å². The highest BCUT2D eigenvalue weighted by Crippen LogP contribution is 2.25. The number of halogens is 1. The van der Waals surface area contributed by atoms with Crippen LogP contribution < -0.4 is 4.72 Å². The van der Waals surface area contributed by atoms with Crippen molar-refractivity contribution in [3.63, 3.8) is 0 Å². The second-order valence-corrected chi connectivity index (χ2v) is 9.48. The molecular weight excluding hydrogens is 369 g/mol. The van der Waals surface area contributed by atoms with Crippen LogP contribution in [-0.2, 0) is 11.4 Å². The van der Waals surface area contributed by atoms with E-state index >= 15 is 0 Å². The van der Waals surface area contributed by atoms with E-state index in [-0.39, 0.29) is 10.8 Å². The second-order valence-electron chi connectivity index (χ2n) is 6.23. The van der Waals surface area contributed by atoms with Gasteiger partial charge in [0.1, 0.15) is 4.75 Å². The van der Waals surface area contributed by atoms with Crippen molar-refractivity contribution in [3.8, 4) is 0 Å². The first kappa shape index (κ1) is 17.3. The monoisotopic (exact) mass is 393 g/mol. The van der Waals surface area contributed by atoms with E-state index in [4.69, 9.17) is 0 Å². The quantitative estimate of drug-likeness (QED) is 0.593. The van der Waals surface area contributed by atoms with E-state index < -0.39 is 11.4 Å². The minimum atomic E-state index is -1.04. The topological polar surface area (TPSA) is 35.1 Å². The zero-order chi connectivity index (χ0) is 14.6. The Bertz CT molecular complexity index is 386. The van der Waals surface area contributed by atoms with Crippen LogP contribution in [0.5, 0.6) is 0 Å². The Morgan fingerprint density at radius 1 is 1.21 bits per heavy atom. The predicted octanol–water partition coefficient (Wildman–Crippen LogP) is 4.43. The maximum absolute atomic E-state index is 12.3. The summed E-state index contributed by atoms with van der Waals surface area (Å²) < 4.78 is 16.6. The zero-order valence-electron chi connectivity index (χ0n) is 12.4. The van der Waals surface area contributed by atoms with Crippen molar-refractivity contribution < 1.29 is 4.55 Å².